The molecular weight excluding hydrogens is 318 g/mol. The van der Waals surface area contributed by atoms with Crippen LogP contribution in [0, 0.1) is 0 Å². The van der Waals surface area contributed by atoms with Gasteiger partial charge in [-0.2, -0.15) is 10.2 Å². The number of hydrogen-bond donors (Lipinski definition) is 1. The minimum absolute atomic E-state index is 0.128. The number of morpholine rings is 1. The van der Waals surface area contributed by atoms with Gasteiger partial charge in [-0.15, -0.1) is 5.10 Å². The zero-order valence-electron chi connectivity index (χ0n) is 14.4. The molecule has 0 radical (unpaired) electrons. The Labute approximate surface area is 146 Å². The van der Waals surface area contributed by atoms with E-state index in [1.165, 1.54) is 0 Å². The summed E-state index contributed by atoms with van der Waals surface area (Å²) in [5.74, 6) is 1.69. The van der Waals surface area contributed by atoms with E-state index < -0.39 is 0 Å². The fraction of sp³-hybridized carbons (Fsp3) is 0.389. The van der Waals surface area contributed by atoms with Crippen molar-refractivity contribution in [2.45, 2.75) is 20.0 Å². The Morgan fingerprint density at radius 3 is 2.84 bits per heavy atom. The van der Waals surface area contributed by atoms with Gasteiger partial charge in [0.05, 0.1) is 31.0 Å². The van der Waals surface area contributed by atoms with E-state index in [9.17, 15) is 0 Å². The molecule has 130 valence electrons. The fourth-order valence-corrected chi connectivity index (χ4v) is 2.99. The van der Waals surface area contributed by atoms with E-state index in [0.717, 1.165) is 46.8 Å². The number of benzene rings is 1. The molecule has 3 aromatic rings. The molecule has 0 unspecified atom stereocenters. The van der Waals surface area contributed by atoms with Crippen molar-refractivity contribution in [2.24, 2.45) is 0 Å². The van der Waals surface area contributed by atoms with Gasteiger partial charge in [0.25, 0.3) is 0 Å². The van der Waals surface area contributed by atoms with Gasteiger partial charge < -0.3 is 14.4 Å². The zero-order chi connectivity index (χ0) is 17.2. The summed E-state index contributed by atoms with van der Waals surface area (Å²) in [5, 5.41) is 17.0. The van der Waals surface area contributed by atoms with Crippen LogP contribution in [0.4, 0.5) is 5.82 Å². The molecule has 7 heteroatoms. The Morgan fingerprint density at radius 1 is 1.20 bits per heavy atom. The molecule has 0 bridgehead atoms. The van der Waals surface area contributed by atoms with Gasteiger partial charge >= 0.3 is 0 Å². The predicted molar refractivity (Wildman–Crippen MR) is 95.9 cm³/mol. The Balaban J connectivity index is 1.71. The van der Waals surface area contributed by atoms with Gasteiger partial charge in [-0.05, 0) is 38.1 Å². The molecule has 0 saturated carbocycles. The smallest absolute Gasteiger partial charge is 0.152 e. The van der Waals surface area contributed by atoms with Crippen LogP contribution in [-0.4, -0.2) is 52.8 Å². The van der Waals surface area contributed by atoms with Gasteiger partial charge in [-0.3, -0.25) is 5.10 Å². The van der Waals surface area contributed by atoms with Crippen LogP contribution in [0.3, 0.4) is 0 Å². The largest absolute Gasteiger partial charge is 0.491 e. The summed E-state index contributed by atoms with van der Waals surface area (Å²) in [6, 6.07) is 7.99. The first-order chi connectivity index (χ1) is 12.2. The van der Waals surface area contributed by atoms with Crippen LogP contribution in [0.25, 0.3) is 22.2 Å². The average molecular weight is 339 g/mol. The fourth-order valence-electron chi connectivity index (χ4n) is 2.99. The molecule has 3 heterocycles. The molecule has 1 aliphatic rings. The molecule has 1 fully saturated rings. The first-order valence-corrected chi connectivity index (χ1v) is 8.51. The first-order valence-electron chi connectivity index (χ1n) is 8.51. The van der Waals surface area contributed by atoms with Gasteiger partial charge in [0.15, 0.2) is 5.82 Å². The third-order valence-electron chi connectivity index (χ3n) is 4.16. The molecule has 1 saturated heterocycles. The normalized spacial score (nSPS) is 15.1. The number of rotatable bonds is 4. The summed E-state index contributed by atoms with van der Waals surface area (Å²) < 4.78 is 11.2. The second kappa shape index (κ2) is 6.68. The molecule has 1 aromatic carbocycles. The average Bonchev–Trinajstić information content (AvgIpc) is 3.05. The number of hydrogen-bond acceptors (Lipinski definition) is 6. The summed E-state index contributed by atoms with van der Waals surface area (Å²) in [6.45, 7) is 7.11. The maximum absolute atomic E-state index is 5.81. The highest BCUT2D eigenvalue weighted by atomic mass is 16.5. The lowest BCUT2D eigenvalue weighted by Crippen LogP contribution is -2.36. The second-order valence-corrected chi connectivity index (χ2v) is 6.35. The summed E-state index contributed by atoms with van der Waals surface area (Å²) in [4.78, 5) is 2.18. The SMILES string of the molecule is CC(C)Oc1ccc2[nH]nc(-c3cnnc(N4CCOCC4)c3)c2c1. The van der Waals surface area contributed by atoms with Crippen LogP contribution < -0.4 is 9.64 Å². The van der Waals surface area contributed by atoms with E-state index in [1.807, 2.05) is 38.1 Å². The maximum Gasteiger partial charge on any atom is 0.152 e. The standard InChI is InChI=1S/C18H21N5O2/c1-12(2)25-14-3-4-16-15(10-14)18(22-20-16)13-9-17(21-19-11-13)23-5-7-24-8-6-23/h3-4,9-12H,5-8H2,1-2H3,(H,20,22). The highest BCUT2D eigenvalue weighted by Gasteiger charge is 2.16. The van der Waals surface area contributed by atoms with Crippen molar-refractivity contribution in [3.05, 3.63) is 30.5 Å². The van der Waals surface area contributed by atoms with Gasteiger partial charge in [0.1, 0.15) is 11.4 Å². The Bertz CT molecular complexity index is 871. The first kappa shape index (κ1) is 15.8. The molecule has 4 rings (SSSR count). The van der Waals surface area contributed by atoms with Crippen LogP contribution in [-0.2, 0) is 4.74 Å². The number of nitrogens with zero attached hydrogens (tertiary/aromatic N) is 4. The molecule has 25 heavy (non-hydrogen) atoms. The molecule has 0 amide bonds. The lowest BCUT2D eigenvalue weighted by Gasteiger charge is -2.27. The van der Waals surface area contributed by atoms with Crippen molar-refractivity contribution < 1.29 is 9.47 Å². The monoisotopic (exact) mass is 339 g/mol. The summed E-state index contributed by atoms with van der Waals surface area (Å²) in [5.41, 5.74) is 2.76. The lowest BCUT2D eigenvalue weighted by atomic mass is 10.1. The van der Waals surface area contributed by atoms with Crippen LogP contribution >= 0.6 is 0 Å². The van der Waals surface area contributed by atoms with Crippen LogP contribution in [0.15, 0.2) is 30.5 Å². The van der Waals surface area contributed by atoms with Gasteiger partial charge in [0.2, 0.25) is 0 Å². The number of nitrogens with one attached hydrogen (secondary N) is 1. The van der Waals surface area contributed by atoms with Crippen molar-refractivity contribution in [3.63, 3.8) is 0 Å². The summed E-state index contributed by atoms with van der Waals surface area (Å²) in [6.07, 6.45) is 1.87. The molecule has 1 aliphatic heterocycles. The van der Waals surface area contributed by atoms with E-state index in [-0.39, 0.29) is 6.10 Å². The highest BCUT2D eigenvalue weighted by molar-refractivity contribution is 5.93. The van der Waals surface area contributed by atoms with E-state index in [0.29, 0.717) is 13.2 Å². The van der Waals surface area contributed by atoms with E-state index >= 15 is 0 Å². The quantitative estimate of drug-likeness (QED) is 0.787. The Hall–Kier alpha value is -2.67. The molecule has 2 aromatic heterocycles. The Kier molecular flexibility index (Phi) is 4.23. The number of aromatic nitrogens is 4. The molecule has 0 atom stereocenters. The maximum atomic E-state index is 5.81. The van der Waals surface area contributed by atoms with Crippen LogP contribution in [0.1, 0.15) is 13.8 Å². The van der Waals surface area contributed by atoms with Crippen molar-refractivity contribution in [1.82, 2.24) is 20.4 Å². The van der Waals surface area contributed by atoms with Crippen molar-refractivity contribution in [1.29, 1.82) is 0 Å². The summed E-state index contributed by atoms with van der Waals surface area (Å²) in [7, 11) is 0. The molecular formula is C18H21N5O2. The van der Waals surface area contributed by atoms with E-state index in [4.69, 9.17) is 9.47 Å². The predicted octanol–water partition coefficient (Wildman–Crippen LogP) is 2.64. The van der Waals surface area contributed by atoms with Crippen molar-refractivity contribution in [2.75, 3.05) is 31.2 Å². The van der Waals surface area contributed by atoms with E-state index in [1.54, 1.807) is 6.20 Å². The van der Waals surface area contributed by atoms with Crippen LogP contribution in [0.2, 0.25) is 0 Å². The van der Waals surface area contributed by atoms with Gasteiger partial charge in [-0.1, -0.05) is 0 Å². The van der Waals surface area contributed by atoms with Crippen molar-refractivity contribution in [3.8, 4) is 17.0 Å². The van der Waals surface area contributed by atoms with Crippen molar-refractivity contribution >= 4 is 16.7 Å². The van der Waals surface area contributed by atoms with Gasteiger partial charge in [0, 0.05) is 24.0 Å². The molecule has 1 N–H and O–H groups in total. The lowest BCUT2D eigenvalue weighted by molar-refractivity contribution is 0.122. The number of H-pyrrole nitrogens is 1. The second-order valence-electron chi connectivity index (χ2n) is 6.35. The number of fused-ring (bicyclic) bond motifs is 1. The third-order valence-corrected chi connectivity index (χ3v) is 4.16. The Morgan fingerprint density at radius 2 is 2.04 bits per heavy atom. The molecule has 0 spiro atoms. The number of aromatic amines is 1. The highest BCUT2D eigenvalue weighted by Crippen LogP contribution is 2.30. The topological polar surface area (TPSA) is 76.2 Å². The zero-order valence-corrected chi connectivity index (χ0v) is 14.4. The van der Waals surface area contributed by atoms with E-state index in [2.05, 4.69) is 25.3 Å². The third kappa shape index (κ3) is 3.28. The molecule has 0 aliphatic carbocycles. The minimum Gasteiger partial charge on any atom is -0.491 e. The summed E-state index contributed by atoms with van der Waals surface area (Å²) >= 11 is 0. The van der Waals surface area contributed by atoms with Crippen LogP contribution in [0.5, 0.6) is 5.75 Å². The molecule has 7 nitrogen and oxygen atoms in total. The number of ether oxygens (including phenoxy) is 2. The minimum atomic E-state index is 0.128. The number of anilines is 1. The van der Waals surface area contributed by atoms with Gasteiger partial charge in [-0.25, -0.2) is 0 Å².